The van der Waals surface area contributed by atoms with Crippen LogP contribution in [-0.2, 0) is 0 Å². The molecule has 1 aromatic carbocycles. The molecular formula is C22H38. The van der Waals surface area contributed by atoms with Gasteiger partial charge in [-0.2, -0.15) is 0 Å². The van der Waals surface area contributed by atoms with E-state index in [4.69, 9.17) is 0 Å². The van der Waals surface area contributed by atoms with E-state index in [1.807, 2.05) is 0 Å². The first-order valence-corrected chi connectivity index (χ1v) is 9.58. The zero-order valence-electron chi connectivity index (χ0n) is 16.3. The van der Waals surface area contributed by atoms with Crippen molar-refractivity contribution in [1.82, 2.24) is 0 Å². The first-order valence-electron chi connectivity index (χ1n) is 9.58. The summed E-state index contributed by atoms with van der Waals surface area (Å²) in [6.07, 6.45) is 4.92. The van der Waals surface area contributed by atoms with Gasteiger partial charge in [0.25, 0.3) is 0 Å². The van der Waals surface area contributed by atoms with Gasteiger partial charge in [0.2, 0.25) is 0 Å². The van der Waals surface area contributed by atoms with Crippen LogP contribution < -0.4 is 0 Å². The number of benzene rings is 1. The van der Waals surface area contributed by atoms with Crippen LogP contribution in [0.3, 0.4) is 0 Å². The van der Waals surface area contributed by atoms with Gasteiger partial charge in [0, 0.05) is 0 Å². The van der Waals surface area contributed by atoms with Gasteiger partial charge in [-0.1, -0.05) is 67.5 Å². The molecule has 126 valence electrons. The highest BCUT2D eigenvalue weighted by molar-refractivity contribution is 5.45. The highest BCUT2D eigenvalue weighted by Crippen LogP contribution is 2.39. The lowest BCUT2D eigenvalue weighted by atomic mass is 9.77. The minimum atomic E-state index is 0.663. The fourth-order valence-electron chi connectivity index (χ4n) is 3.27. The van der Waals surface area contributed by atoms with E-state index in [2.05, 4.69) is 67.5 Å². The number of hydrogen-bond acceptors (Lipinski definition) is 0. The van der Waals surface area contributed by atoms with Gasteiger partial charge in [-0.3, -0.25) is 0 Å². The summed E-state index contributed by atoms with van der Waals surface area (Å²) in [5.74, 6) is 2.65. The van der Waals surface area contributed by atoms with Gasteiger partial charge in [-0.25, -0.2) is 0 Å². The maximum Gasteiger partial charge on any atom is -0.0187 e. The molecule has 0 bridgehead atoms. The van der Waals surface area contributed by atoms with Crippen molar-refractivity contribution in [2.75, 3.05) is 0 Å². The molecule has 0 amide bonds. The second kappa shape index (κ2) is 8.75. The molecule has 0 aromatic heterocycles. The Kier molecular flexibility index (Phi) is 7.66. The van der Waals surface area contributed by atoms with Gasteiger partial charge >= 0.3 is 0 Å². The predicted molar refractivity (Wildman–Crippen MR) is 101 cm³/mol. The summed E-state index contributed by atoms with van der Waals surface area (Å²) >= 11 is 0. The molecule has 0 aliphatic heterocycles. The summed E-state index contributed by atoms with van der Waals surface area (Å²) in [4.78, 5) is 0. The fourth-order valence-corrected chi connectivity index (χ4v) is 3.27. The van der Waals surface area contributed by atoms with E-state index < -0.39 is 0 Å². The lowest BCUT2D eigenvalue weighted by molar-refractivity contribution is 0.636. The van der Waals surface area contributed by atoms with E-state index in [-0.39, 0.29) is 0 Å². The molecule has 1 aromatic rings. The predicted octanol–water partition coefficient (Wildman–Crippen LogP) is 7.74. The molecule has 0 heterocycles. The largest absolute Gasteiger partial charge is 0.0648 e. The van der Waals surface area contributed by atoms with Gasteiger partial charge in [0.1, 0.15) is 0 Å². The van der Waals surface area contributed by atoms with Crippen LogP contribution in [0.25, 0.3) is 0 Å². The van der Waals surface area contributed by atoms with Crippen LogP contribution in [0, 0.1) is 0 Å². The molecule has 0 fully saturated rings. The highest BCUT2D eigenvalue weighted by Gasteiger charge is 2.22. The Balaban J connectivity index is 3.60. The standard InChI is InChI=1S/C22H38/c1-9-15(5)19-13-20(16(6)10-2)22(18(8)12-4)21(14-19)17(7)11-3/h13-18H,9-12H2,1-8H3. The van der Waals surface area contributed by atoms with Gasteiger partial charge < -0.3 is 0 Å². The third-order valence-electron chi connectivity index (χ3n) is 5.84. The van der Waals surface area contributed by atoms with Crippen molar-refractivity contribution >= 4 is 0 Å². The molecule has 1 rings (SSSR count). The summed E-state index contributed by atoms with van der Waals surface area (Å²) in [5.41, 5.74) is 6.48. The first kappa shape index (κ1) is 19.3. The van der Waals surface area contributed by atoms with Crippen molar-refractivity contribution in [2.45, 2.75) is 105 Å². The van der Waals surface area contributed by atoms with E-state index >= 15 is 0 Å². The Morgan fingerprint density at radius 3 is 1.27 bits per heavy atom. The van der Waals surface area contributed by atoms with Crippen molar-refractivity contribution in [3.05, 3.63) is 34.4 Å². The quantitative estimate of drug-likeness (QED) is 0.460. The molecule has 0 radical (unpaired) electrons. The summed E-state index contributed by atoms with van der Waals surface area (Å²) in [6, 6.07) is 5.07. The topological polar surface area (TPSA) is 0 Å². The molecule has 0 aliphatic rings. The molecule has 0 N–H and O–H groups in total. The van der Waals surface area contributed by atoms with Crippen molar-refractivity contribution in [1.29, 1.82) is 0 Å². The molecule has 0 nitrogen and oxygen atoms in total. The van der Waals surface area contributed by atoms with Gasteiger partial charge in [0.15, 0.2) is 0 Å². The van der Waals surface area contributed by atoms with Crippen molar-refractivity contribution in [2.24, 2.45) is 0 Å². The Labute approximate surface area is 139 Å². The lowest BCUT2D eigenvalue weighted by Crippen LogP contribution is -2.11. The zero-order chi connectivity index (χ0) is 16.9. The maximum absolute atomic E-state index is 2.54. The molecule has 0 saturated heterocycles. The zero-order valence-corrected chi connectivity index (χ0v) is 16.3. The Morgan fingerprint density at radius 2 is 0.955 bits per heavy atom. The smallest absolute Gasteiger partial charge is 0.0187 e. The SMILES string of the molecule is CCC(C)c1cc(C(C)CC)c(C(C)CC)c(C(C)CC)c1. The van der Waals surface area contributed by atoms with Crippen LogP contribution in [0.15, 0.2) is 12.1 Å². The Morgan fingerprint density at radius 1 is 0.591 bits per heavy atom. The fraction of sp³-hybridized carbons (Fsp3) is 0.727. The normalized spacial score (nSPS) is 17.1. The minimum Gasteiger partial charge on any atom is -0.0648 e. The van der Waals surface area contributed by atoms with Crippen LogP contribution >= 0.6 is 0 Å². The number of rotatable bonds is 8. The van der Waals surface area contributed by atoms with Crippen molar-refractivity contribution < 1.29 is 0 Å². The third kappa shape index (κ3) is 4.15. The molecule has 0 heteroatoms. The van der Waals surface area contributed by atoms with Gasteiger partial charge in [0.05, 0.1) is 0 Å². The summed E-state index contributed by atoms with van der Waals surface area (Å²) in [7, 11) is 0. The van der Waals surface area contributed by atoms with Crippen molar-refractivity contribution in [3.63, 3.8) is 0 Å². The molecule has 0 saturated carbocycles. The molecular weight excluding hydrogens is 264 g/mol. The molecule has 22 heavy (non-hydrogen) atoms. The average Bonchev–Trinajstić information content (AvgIpc) is 2.57. The molecule has 4 atom stereocenters. The van der Waals surface area contributed by atoms with Crippen LogP contribution in [0.5, 0.6) is 0 Å². The Hall–Kier alpha value is -0.780. The minimum absolute atomic E-state index is 0.663. The first-order chi connectivity index (χ1) is 10.4. The second-order valence-electron chi connectivity index (χ2n) is 7.35. The lowest BCUT2D eigenvalue weighted by Gasteiger charge is -2.28. The summed E-state index contributed by atoms with van der Waals surface area (Å²) < 4.78 is 0. The Bertz CT molecular complexity index is 426. The van der Waals surface area contributed by atoms with Gasteiger partial charge in [-0.15, -0.1) is 0 Å². The van der Waals surface area contributed by atoms with Gasteiger partial charge in [-0.05, 0) is 71.6 Å². The summed E-state index contributed by atoms with van der Waals surface area (Å²) in [6.45, 7) is 18.9. The van der Waals surface area contributed by atoms with Crippen LogP contribution in [0.2, 0.25) is 0 Å². The highest BCUT2D eigenvalue weighted by atomic mass is 14.3. The van der Waals surface area contributed by atoms with Crippen molar-refractivity contribution in [3.8, 4) is 0 Å². The van der Waals surface area contributed by atoms with E-state index in [9.17, 15) is 0 Å². The van der Waals surface area contributed by atoms with Crippen LogP contribution in [-0.4, -0.2) is 0 Å². The average molecular weight is 303 g/mol. The number of hydrogen-bond donors (Lipinski definition) is 0. The van der Waals surface area contributed by atoms with E-state index in [1.54, 1.807) is 22.3 Å². The molecule has 4 unspecified atom stereocenters. The molecule has 0 aliphatic carbocycles. The maximum atomic E-state index is 2.54. The van der Waals surface area contributed by atoms with E-state index in [0.717, 1.165) is 0 Å². The third-order valence-corrected chi connectivity index (χ3v) is 5.84. The van der Waals surface area contributed by atoms with E-state index in [0.29, 0.717) is 23.7 Å². The van der Waals surface area contributed by atoms with Crippen LogP contribution in [0.1, 0.15) is 127 Å². The van der Waals surface area contributed by atoms with E-state index in [1.165, 1.54) is 25.7 Å². The molecule has 0 spiro atoms. The monoisotopic (exact) mass is 302 g/mol. The summed E-state index contributed by atoms with van der Waals surface area (Å²) in [5, 5.41) is 0. The second-order valence-corrected chi connectivity index (χ2v) is 7.35. The van der Waals surface area contributed by atoms with Crippen LogP contribution in [0.4, 0.5) is 0 Å².